The Morgan fingerprint density at radius 1 is 1.36 bits per heavy atom. The fraction of sp³-hybridized carbons (Fsp3) is 0.429. The summed E-state index contributed by atoms with van der Waals surface area (Å²) >= 11 is 0. The Bertz CT molecular complexity index is 169. The summed E-state index contributed by atoms with van der Waals surface area (Å²) in [6, 6.07) is 0. The molecule has 0 unspecified atom stereocenters. The Labute approximate surface area is 65.7 Å². The molecule has 0 aliphatic rings. The number of hydrogen-bond acceptors (Lipinski definition) is 3. The van der Waals surface area contributed by atoms with Gasteiger partial charge in [0.05, 0.1) is 0 Å². The molecule has 0 aromatic rings. The van der Waals surface area contributed by atoms with E-state index in [1.165, 1.54) is 6.92 Å². The molecule has 0 amide bonds. The Morgan fingerprint density at radius 3 is 1.64 bits per heavy atom. The molecular weight excluding hydrogens is 146 g/mol. The van der Waals surface area contributed by atoms with Gasteiger partial charge in [-0.1, -0.05) is 0 Å². The number of aliphatic hydroxyl groups is 1. The van der Waals surface area contributed by atoms with E-state index in [4.69, 9.17) is 15.6 Å². The first-order chi connectivity index (χ1) is 4.91. The molecule has 0 radical (unpaired) electrons. The normalized spacial score (nSPS) is 9.55. The fourth-order valence-electron chi connectivity index (χ4n) is 0.123. The predicted molar refractivity (Wildman–Crippen MR) is 43.1 cm³/mol. The highest BCUT2D eigenvalue weighted by Crippen LogP contribution is 1.83. The van der Waals surface area contributed by atoms with Gasteiger partial charge in [-0.15, -0.1) is 0 Å². The molecule has 0 bridgehead atoms. The van der Waals surface area contributed by atoms with Crippen LogP contribution in [0.2, 0.25) is 0 Å². The molecule has 0 saturated heterocycles. The number of hydrogen-bond donors (Lipinski definition) is 3. The zero-order valence-electron chi connectivity index (χ0n) is 6.88. The Balaban J connectivity index is 0. The van der Waals surface area contributed by atoms with Gasteiger partial charge >= 0.3 is 5.97 Å². The standard InChI is InChI=1S/C4H6O3.C3H7N/c1-2-3(5)4(6)7;1-3(2)4/h2,5H,1H3,(H,6,7);4H,1-2H3/b3-2-;. The summed E-state index contributed by atoms with van der Waals surface area (Å²) in [5, 5.41) is 22.6. The zero-order valence-corrected chi connectivity index (χ0v) is 6.88. The number of carboxylic acid groups (broad SMARTS) is 1. The number of allylic oxidation sites excluding steroid dienone is 1. The van der Waals surface area contributed by atoms with Gasteiger partial charge in [0, 0.05) is 5.71 Å². The van der Waals surface area contributed by atoms with Crippen LogP contribution in [-0.4, -0.2) is 21.9 Å². The first-order valence-corrected chi connectivity index (χ1v) is 3.02. The van der Waals surface area contributed by atoms with Gasteiger partial charge in [-0.05, 0) is 26.8 Å². The van der Waals surface area contributed by atoms with E-state index in [2.05, 4.69) is 0 Å². The van der Waals surface area contributed by atoms with Crippen LogP contribution in [0.25, 0.3) is 0 Å². The van der Waals surface area contributed by atoms with Crippen molar-refractivity contribution in [3.63, 3.8) is 0 Å². The van der Waals surface area contributed by atoms with Crippen LogP contribution in [0.1, 0.15) is 20.8 Å². The highest BCUT2D eigenvalue weighted by atomic mass is 16.4. The van der Waals surface area contributed by atoms with Crippen molar-refractivity contribution in [3.8, 4) is 0 Å². The van der Waals surface area contributed by atoms with Gasteiger partial charge in [-0.2, -0.15) is 0 Å². The van der Waals surface area contributed by atoms with Crippen LogP contribution in [-0.2, 0) is 4.79 Å². The quantitative estimate of drug-likeness (QED) is 0.308. The van der Waals surface area contributed by atoms with Crippen LogP contribution in [0, 0.1) is 5.41 Å². The number of carboxylic acids is 1. The van der Waals surface area contributed by atoms with Gasteiger partial charge in [0.15, 0.2) is 5.76 Å². The summed E-state index contributed by atoms with van der Waals surface area (Å²) in [6.45, 7) is 4.95. The molecule has 0 fully saturated rings. The average Bonchev–Trinajstić information content (AvgIpc) is 1.85. The summed E-state index contributed by atoms with van der Waals surface area (Å²) < 4.78 is 0. The second-order valence-corrected chi connectivity index (χ2v) is 1.98. The van der Waals surface area contributed by atoms with Crippen LogP contribution in [0.15, 0.2) is 11.8 Å². The number of carbonyl (C=O) groups is 1. The lowest BCUT2D eigenvalue weighted by Gasteiger charge is -1.83. The lowest BCUT2D eigenvalue weighted by Crippen LogP contribution is -1.97. The summed E-state index contributed by atoms with van der Waals surface area (Å²) in [4.78, 5) is 9.61. The molecule has 64 valence electrons. The molecule has 0 spiro atoms. The number of rotatable bonds is 1. The Hall–Kier alpha value is -1.32. The lowest BCUT2D eigenvalue weighted by molar-refractivity contribution is -0.135. The third-order valence-corrected chi connectivity index (χ3v) is 0.493. The van der Waals surface area contributed by atoms with E-state index in [-0.39, 0.29) is 0 Å². The van der Waals surface area contributed by atoms with Crippen LogP contribution in [0.5, 0.6) is 0 Å². The van der Waals surface area contributed by atoms with Crippen LogP contribution in [0.4, 0.5) is 0 Å². The molecule has 0 aromatic heterocycles. The summed E-state index contributed by atoms with van der Waals surface area (Å²) in [5.41, 5.74) is 0.667. The van der Waals surface area contributed by atoms with E-state index in [0.29, 0.717) is 5.71 Å². The minimum Gasteiger partial charge on any atom is -0.502 e. The van der Waals surface area contributed by atoms with Crippen molar-refractivity contribution in [2.24, 2.45) is 0 Å². The van der Waals surface area contributed by atoms with E-state index in [1.807, 2.05) is 0 Å². The molecule has 0 saturated carbocycles. The molecule has 11 heavy (non-hydrogen) atoms. The number of aliphatic hydroxyl groups excluding tert-OH is 1. The van der Waals surface area contributed by atoms with Crippen LogP contribution in [0.3, 0.4) is 0 Å². The Morgan fingerprint density at radius 2 is 1.64 bits per heavy atom. The summed E-state index contributed by atoms with van der Waals surface area (Å²) in [6.07, 6.45) is 1.11. The largest absolute Gasteiger partial charge is 0.502 e. The molecule has 0 heterocycles. The second-order valence-electron chi connectivity index (χ2n) is 1.98. The van der Waals surface area contributed by atoms with Gasteiger partial charge in [0.1, 0.15) is 0 Å². The van der Waals surface area contributed by atoms with Crippen molar-refractivity contribution >= 4 is 11.7 Å². The average molecular weight is 159 g/mol. The molecule has 0 rings (SSSR count). The second kappa shape index (κ2) is 6.80. The molecule has 3 N–H and O–H groups in total. The van der Waals surface area contributed by atoms with Crippen LogP contribution >= 0.6 is 0 Å². The Kier molecular flexibility index (Phi) is 7.64. The summed E-state index contributed by atoms with van der Waals surface area (Å²) in [7, 11) is 0. The first-order valence-electron chi connectivity index (χ1n) is 3.02. The maximum absolute atomic E-state index is 9.61. The van der Waals surface area contributed by atoms with E-state index >= 15 is 0 Å². The molecule has 0 atom stereocenters. The maximum atomic E-state index is 9.61. The van der Waals surface area contributed by atoms with E-state index in [9.17, 15) is 4.79 Å². The van der Waals surface area contributed by atoms with Crippen molar-refractivity contribution in [3.05, 3.63) is 11.8 Å². The van der Waals surface area contributed by atoms with Gasteiger partial charge in [-0.25, -0.2) is 4.79 Å². The maximum Gasteiger partial charge on any atom is 0.370 e. The molecule has 4 nitrogen and oxygen atoms in total. The lowest BCUT2D eigenvalue weighted by atomic mass is 10.5. The van der Waals surface area contributed by atoms with Crippen molar-refractivity contribution in [2.75, 3.05) is 0 Å². The fourth-order valence-corrected chi connectivity index (χ4v) is 0.123. The minimum absolute atomic E-state index is 0.611. The monoisotopic (exact) mass is 159 g/mol. The zero-order chi connectivity index (χ0) is 9.44. The van der Waals surface area contributed by atoms with Gasteiger partial charge < -0.3 is 15.6 Å². The minimum atomic E-state index is -1.29. The highest BCUT2D eigenvalue weighted by Gasteiger charge is 1.97. The predicted octanol–water partition coefficient (Wildman–Crippen LogP) is 1.58. The van der Waals surface area contributed by atoms with Crippen LogP contribution < -0.4 is 0 Å². The molecular formula is C7H13NO3. The van der Waals surface area contributed by atoms with Gasteiger partial charge in [0.25, 0.3) is 0 Å². The molecule has 4 heteroatoms. The van der Waals surface area contributed by atoms with E-state index in [0.717, 1.165) is 6.08 Å². The molecule has 0 aliphatic carbocycles. The number of aliphatic carboxylic acids is 1. The topological polar surface area (TPSA) is 81.4 Å². The van der Waals surface area contributed by atoms with E-state index < -0.39 is 11.7 Å². The smallest absolute Gasteiger partial charge is 0.370 e. The SMILES string of the molecule is C/C=C(\O)C(=O)O.CC(C)=N. The third-order valence-electron chi connectivity index (χ3n) is 0.493. The summed E-state index contributed by atoms with van der Waals surface area (Å²) in [5.74, 6) is -1.90. The molecule has 0 aromatic carbocycles. The van der Waals surface area contributed by atoms with Gasteiger partial charge in [-0.3, -0.25) is 0 Å². The third kappa shape index (κ3) is 17.7. The van der Waals surface area contributed by atoms with E-state index in [1.54, 1.807) is 13.8 Å². The first kappa shape index (κ1) is 12.4. The van der Waals surface area contributed by atoms with Crippen molar-refractivity contribution < 1.29 is 15.0 Å². The van der Waals surface area contributed by atoms with Crippen molar-refractivity contribution in [1.29, 1.82) is 5.41 Å². The van der Waals surface area contributed by atoms with Crippen molar-refractivity contribution in [1.82, 2.24) is 0 Å². The molecule has 0 aliphatic heterocycles. The van der Waals surface area contributed by atoms with Gasteiger partial charge in [0.2, 0.25) is 0 Å². The highest BCUT2D eigenvalue weighted by molar-refractivity contribution is 5.83. The number of nitrogens with one attached hydrogen (secondary N) is 1. The van der Waals surface area contributed by atoms with Crippen molar-refractivity contribution in [2.45, 2.75) is 20.8 Å².